The topological polar surface area (TPSA) is 26.3 Å². The number of halogens is 1. The standard InChI is InChI=1S/C31H49IO2.C2H6/c1-19(2)22-16-28(34-29(33)17-22)20(3)27-18-25(21-8-7-9-21)30-24-12-11-23-10-5-6-14-31(23,4)26(24)13-15-32(27)30;1-2/h19-20,22-24,26-28,30H,5-18H2,1-4H3;1-2H3. The van der Waals surface area contributed by atoms with E-state index in [0.717, 1.165) is 32.0 Å². The minimum atomic E-state index is -1.14. The van der Waals surface area contributed by atoms with E-state index in [0.29, 0.717) is 29.6 Å². The van der Waals surface area contributed by atoms with E-state index in [9.17, 15) is 4.79 Å². The molecule has 206 valence electrons. The molecule has 9 unspecified atom stereocenters. The molecule has 0 aromatic carbocycles. The summed E-state index contributed by atoms with van der Waals surface area (Å²) in [7, 11) is 0. The Morgan fingerprint density at radius 2 is 1.75 bits per heavy atom. The third-order valence-electron chi connectivity index (χ3n) is 11.8. The summed E-state index contributed by atoms with van der Waals surface area (Å²) >= 11 is -1.14. The number of cyclic esters (lactones) is 1. The van der Waals surface area contributed by atoms with Gasteiger partial charge < -0.3 is 0 Å². The molecule has 3 heteroatoms. The molecule has 6 rings (SSSR count). The summed E-state index contributed by atoms with van der Waals surface area (Å²) in [5.74, 6) is 4.82. The summed E-state index contributed by atoms with van der Waals surface area (Å²) in [5.41, 5.74) is 4.55. The molecule has 3 aliphatic carbocycles. The zero-order chi connectivity index (χ0) is 25.6. The number of carbonyl (C=O) groups is 1. The van der Waals surface area contributed by atoms with Gasteiger partial charge in [-0.15, -0.1) is 0 Å². The van der Waals surface area contributed by atoms with Gasteiger partial charge in [-0.3, -0.25) is 0 Å². The molecule has 6 aliphatic rings. The van der Waals surface area contributed by atoms with Crippen molar-refractivity contribution in [2.75, 3.05) is 4.43 Å². The Balaban J connectivity index is 0.00000130. The van der Waals surface area contributed by atoms with Crippen molar-refractivity contribution in [3.63, 3.8) is 0 Å². The Morgan fingerprint density at radius 1 is 0.972 bits per heavy atom. The predicted octanol–water partition coefficient (Wildman–Crippen LogP) is 9.38. The second-order valence-electron chi connectivity index (χ2n) is 13.6. The Morgan fingerprint density at radius 3 is 2.44 bits per heavy atom. The van der Waals surface area contributed by atoms with Gasteiger partial charge in [0.1, 0.15) is 0 Å². The summed E-state index contributed by atoms with van der Waals surface area (Å²) in [6, 6.07) is 0. The third-order valence-corrected chi connectivity index (χ3v) is 20.7. The van der Waals surface area contributed by atoms with Crippen LogP contribution >= 0.6 is 19.8 Å². The fraction of sp³-hybridized carbons (Fsp3) is 0.909. The first kappa shape index (κ1) is 27.5. The van der Waals surface area contributed by atoms with Crippen LogP contribution in [-0.4, -0.2) is 24.4 Å². The number of ether oxygens (including phenoxy) is 1. The van der Waals surface area contributed by atoms with Crippen molar-refractivity contribution in [3.8, 4) is 0 Å². The van der Waals surface area contributed by atoms with Gasteiger partial charge in [0.2, 0.25) is 0 Å². The van der Waals surface area contributed by atoms with E-state index in [1.165, 1.54) is 64.2 Å². The molecular weight excluding hydrogens is 555 g/mol. The Labute approximate surface area is 229 Å². The van der Waals surface area contributed by atoms with Crippen LogP contribution in [0.3, 0.4) is 0 Å². The van der Waals surface area contributed by atoms with E-state index in [-0.39, 0.29) is 12.1 Å². The minimum absolute atomic E-state index is 0.0879. The van der Waals surface area contributed by atoms with E-state index >= 15 is 0 Å². The van der Waals surface area contributed by atoms with Crippen molar-refractivity contribution in [2.24, 2.45) is 40.9 Å². The van der Waals surface area contributed by atoms with E-state index < -0.39 is 19.8 Å². The predicted molar refractivity (Wildman–Crippen MR) is 161 cm³/mol. The first-order valence-corrected chi connectivity index (χ1v) is 19.9. The molecule has 9 atom stereocenters. The molecular formula is C33H55IO2. The summed E-state index contributed by atoms with van der Waals surface area (Å²) in [6.45, 7) is 13.8. The molecule has 3 saturated heterocycles. The molecule has 0 N–H and O–H groups in total. The van der Waals surface area contributed by atoms with Gasteiger partial charge in [0.15, 0.2) is 0 Å². The first-order chi connectivity index (χ1) is 17.4. The maximum atomic E-state index is 12.6. The van der Waals surface area contributed by atoms with Crippen LogP contribution in [-0.2, 0) is 9.53 Å². The summed E-state index contributed by atoms with van der Waals surface area (Å²) in [4.78, 5) is 12.6. The normalized spacial score (nSPS) is 43.9. The van der Waals surface area contributed by atoms with Gasteiger partial charge in [0, 0.05) is 0 Å². The van der Waals surface area contributed by atoms with Gasteiger partial charge in [-0.25, -0.2) is 0 Å². The van der Waals surface area contributed by atoms with Crippen LogP contribution in [0.5, 0.6) is 0 Å². The van der Waals surface area contributed by atoms with Crippen molar-refractivity contribution >= 4 is 25.8 Å². The van der Waals surface area contributed by atoms with Crippen LogP contribution in [0.25, 0.3) is 0 Å². The van der Waals surface area contributed by atoms with E-state index in [1.807, 2.05) is 25.0 Å². The molecule has 3 saturated carbocycles. The molecule has 0 bridgehead atoms. The number of carbonyl (C=O) groups excluding carboxylic acids is 1. The molecule has 0 spiro atoms. The van der Waals surface area contributed by atoms with Crippen LogP contribution in [0.4, 0.5) is 0 Å². The fourth-order valence-electron chi connectivity index (χ4n) is 9.48. The zero-order valence-electron chi connectivity index (χ0n) is 24.3. The van der Waals surface area contributed by atoms with Crippen LogP contribution in [0.2, 0.25) is 0 Å². The summed E-state index contributed by atoms with van der Waals surface area (Å²) in [5, 5.41) is 0. The van der Waals surface area contributed by atoms with Gasteiger partial charge in [0.25, 0.3) is 0 Å². The molecule has 3 aliphatic heterocycles. The van der Waals surface area contributed by atoms with Crippen LogP contribution in [0.1, 0.15) is 125 Å². The Hall–Kier alpha value is -0.0600. The van der Waals surface area contributed by atoms with E-state index in [4.69, 9.17) is 4.74 Å². The number of esters is 1. The van der Waals surface area contributed by atoms with Crippen LogP contribution < -0.4 is 0 Å². The van der Waals surface area contributed by atoms with E-state index in [1.54, 1.807) is 10.8 Å². The van der Waals surface area contributed by atoms with Gasteiger partial charge in [-0.1, -0.05) is 13.8 Å². The maximum absolute atomic E-state index is 12.6. The Bertz CT molecular complexity index is 826. The molecule has 0 amide bonds. The zero-order valence-corrected chi connectivity index (χ0v) is 26.4. The summed E-state index contributed by atoms with van der Waals surface area (Å²) < 4.78 is 9.62. The van der Waals surface area contributed by atoms with Crippen molar-refractivity contribution in [1.29, 1.82) is 0 Å². The van der Waals surface area contributed by atoms with Crippen LogP contribution in [0, 0.1) is 40.9 Å². The third kappa shape index (κ3) is 4.76. The van der Waals surface area contributed by atoms with E-state index in [2.05, 4.69) is 27.7 Å². The number of alkyl halides is 3. The molecule has 0 aromatic heterocycles. The average molecular weight is 611 g/mol. The number of rotatable bonds is 3. The van der Waals surface area contributed by atoms with Gasteiger partial charge in [0.05, 0.1) is 0 Å². The van der Waals surface area contributed by atoms with Crippen molar-refractivity contribution in [3.05, 3.63) is 11.1 Å². The van der Waals surface area contributed by atoms with Crippen molar-refractivity contribution < 1.29 is 9.53 Å². The molecule has 0 aromatic rings. The molecule has 36 heavy (non-hydrogen) atoms. The van der Waals surface area contributed by atoms with Crippen LogP contribution in [0.15, 0.2) is 11.1 Å². The van der Waals surface area contributed by atoms with Gasteiger partial charge in [-0.2, -0.15) is 0 Å². The summed E-state index contributed by atoms with van der Waals surface area (Å²) in [6.07, 6.45) is 18.2. The number of fused-ring (bicyclic) bond motifs is 5. The number of hydrogen-bond donors (Lipinski definition) is 0. The monoisotopic (exact) mass is 610 g/mol. The van der Waals surface area contributed by atoms with Crippen molar-refractivity contribution in [1.82, 2.24) is 0 Å². The molecule has 2 nitrogen and oxygen atoms in total. The molecule has 0 radical (unpaired) electrons. The number of hydrogen-bond acceptors (Lipinski definition) is 2. The second kappa shape index (κ2) is 11.2. The quantitative estimate of drug-likeness (QED) is 0.138. The SMILES string of the molecule is CC.CC(C)C1CC(=O)OC(C(C)C2CC(=C3CCC3)C3C4CCC5CCCCC5(C)C4CCI23)C1. The van der Waals surface area contributed by atoms with Gasteiger partial charge in [-0.05, 0) is 0 Å². The molecule has 6 fully saturated rings. The average Bonchev–Trinajstić information content (AvgIpc) is 3.22. The fourth-order valence-corrected chi connectivity index (χ4v) is 20.0. The Kier molecular flexibility index (Phi) is 8.56. The van der Waals surface area contributed by atoms with Crippen molar-refractivity contribution in [2.45, 2.75) is 139 Å². The van der Waals surface area contributed by atoms with Gasteiger partial charge >= 0.3 is 217 Å². The number of allylic oxidation sites excluding steroid dienone is 2. The molecule has 3 heterocycles. The second-order valence-corrected chi connectivity index (χ2v) is 20.1. The first-order valence-electron chi connectivity index (χ1n) is 15.9.